The Balaban J connectivity index is 2.57. The summed E-state index contributed by atoms with van der Waals surface area (Å²) in [6, 6.07) is 0. The van der Waals surface area contributed by atoms with Crippen LogP contribution in [0.15, 0.2) is 0 Å². The van der Waals surface area contributed by atoms with E-state index < -0.39 is 0 Å². The van der Waals surface area contributed by atoms with Crippen molar-refractivity contribution in [2.75, 3.05) is 6.61 Å². The van der Waals surface area contributed by atoms with Gasteiger partial charge in [0, 0.05) is 19.0 Å². The van der Waals surface area contributed by atoms with Crippen molar-refractivity contribution in [2.24, 2.45) is 7.05 Å². The molecule has 0 aliphatic rings. The lowest BCUT2D eigenvalue weighted by atomic mass is 10.4. The number of nitrogens with zero attached hydrogens (tertiary/aromatic N) is 2. The molecule has 0 saturated carbocycles. The van der Waals surface area contributed by atoms with Gasteiger partial charge in [-0.05, 0) is 6.92 Å². The molecule has 0 N–H and O–H groups in total. The fourth-order valence-corrected chi connectivity index (χ4v) is 0.894. The number of hydrogen-bond acceptors (Lipinski definition) is 2. The maximum atomic E-state index is 5.37. The highest BCUT2D eigenvalue weighted by atomic mass is 16.5. The average Bonchev–Trinajstić information content (AvgIpc) is 2.35. The Morgan fingerprint density at radius 1 is 1.75 bits per heavy atom. The first-order valence-electron chi connectivity index (χ1n) is 3.73. The van der Waals surface area contributed by atoms with E-state index in [1.54, 1.807) is 4.68 Å². The van der Waals surface area contributed by atoms with E-state index in [4.69, 9.17) is 11.2 Å². The smallest absolute Gasteiger partial charge is 0.215 e. The van der Waals surface area contributed by atoms with Gasteiger partial charge in [-0.25, -0.2) is 4.68 Å². The SMILES string of the molecule is C#CCCOc1c(C)[c]nn1C. The van der Waals surface area contributed by atoms with E-state index in [9.17, 15) is 0 Å². The van der Waals surface area contributed by atoms with Crippen molar-refractivity contribution in [3.8, 4) is 18.2 Å². The van der Waals surface area contributed by atoms with Gasteiger partial charge in [0.25, 0.3) is 0 Å². The van der Waals surface area contributed by atoms with Crippen LogP contribution in [0.25, 0.3) is 0 Å². The summed E-state index contributed by atoms with van der Waals surface area (Å²) in [4.78, 5) is 0. The van der Waals surface area contributed by atoms with Crippen LogP contribution in [-0.2, 0) is 7.05 Å². The molecule has 3 heteroatoms. The Bertz CT molecular complexity index is 276. The number of terminal acetylenes is 1. The lowest BCUT2D eigenvalue weighted by molar-refractivity contribution is 0.296. The number of ether oxygens (including phenoxy) is 1. The molecule has 0 bridgehead atoms. The van der Waals surface area contributed by atoms with E-state index in [2.05, 4.69) is 17.2 Å². The summed E-state index contributed by atoms with van der Waals surface area (Å²) in [6.45, 7) is 2.43. The van der Waals surface area contributed by atoms with Crippen molar-refractivity contribution >= 4 is 0 Å². The van der Waals surface area contributed by atoms with Crippen LogP contribution in [0.2, 0.25) is 0 Å². The zero-order valence-corrected chi connectivity index (χ0v) is 7.29. The zero-order chi connectivity index (χ0) is 8.97. The Labute approximate surface area is 72.3 Å². The molecule has 0 aliphatic carbocycles. The molecule has 1 rings (SSSR count). The quantitative estimate of drug-likeness (QED) is 0.489. The number of rotatable bonds is 3. The van der Waals surface area contributed by atoms with Gasteiger partial charge in [0.1, 0.15) is 12.8 Å². The number of aromatic nitrogens is 2. The minimum atomic E-state index is 0.532. The molecule has 0 unspecified atom stereocenters. The van der Waals surface area contributed by atoms with Crippen LogP contribution >= 0.6 is 0 Å². The molecular weight excluding hydrogens is 152 g/mol. The monoisotopic (exact) mass is 163 g/mol. The third-order valence-corrected chi connectivity index (χ3v) is 1.47. The van der Waals surface area contributed by atoms with Gasteiger partial charge in [0.2, 0.25) is 5.88 Å². The molecule has 12 heavy (non-hydrogen) atoms. The van der Waals surface area contributed by atoms with Crippen LogP contribution in [0.5, 0.6) is 5.88 Å². The molecule has 1 radical (unpaired) electrons. The minimum Gasteiger partial charge on any atom is -0.477 e. The Morgan fingerprint density at radius 3 is 3.00 bits per heavy atom. The molecule has 0 spiro atoms. The first kappa shape index (κ1) is 8.66. The van der Waals surface area contributed by atoms with Gasteiger partial charge >= 0.3 is 0 Å². The molecule has 1 heterocycles. The molecule has 1 aromatic heterocycles. The summed E-state index contributed by atoms with van der Waals surface area (Å²) in [5.74, 6) is 3.25. The second-order valence-electron chi connectivity index (χ2n) is 2.47. The van der Waals surface area contributed by atoms with Crippen molar-refractivity contribution in [3.63, 3.8) is 0 Å². The van der Waals surface area contributed by atoms with Gasteiger partial charge < -0.3 is 4.74 Å². The van der Waals surface area contributed by atoms with E-state index in [0.717, 1.165) is 11.4 Å². The van der Waals surface area contributed by atoms with Gasteiger partial charge in [-0.2, -0.15) is 5.10 Å². The van der Waals surface area contributed by atoms with Gasteiger partial charge in [-0.1, -0.05) is 0 Å². The summed E-state index contributed by atoms with van der Waals surface area (Å²) in [6.07, 6.45) is 8.50. The third kappa shape index (κ3) is 1.79. The van der Waals surface area contributed by atoms with Gasteiger partial charge in [0.05, 0.1) is 0 Å². The van der Waals surface area contributed by atoms with Crippen molar-refractivity contribution < 1.29 is 4.74 Å². The highest BCUT2D eigenvalue weighted by Crippen LogP contribution is 2.14. The van der Waals surface area contributed by atoms with Crippen molar-refractivity contribution in [1.29, 1.82) is 0 Å². The molecule has 0 fully saturated rings. The molecular formula is C9H11N2O. The predicted molar refractivity (Wildman–Crippen MR) is 45.7 cm³/mol. The second-order valence-corrected chi connectivity index (χ2v) is 2.47. The fraction of sp³-hybridized carbons (Fsp3) is 0.444. The van der Waals surface area contributed by atoms with Crippen LogP contribution in [0.1, 0.15) is 12.0 Å². The van der Waals surface area contributed by atoms with Crippen molar-refractivity contribution in [3.05, 3.63) is 11.8 Å². The van der Waals surface area contributed by atoms with Gasteiger partial charge in [-0.15, -0.1) is 12.3 Å². The van der Waals surface area contributed by atoms with E-state index >= 15 is 0 Å². The van der Waals surface area contributed by atoms with Crippen molar-refractivity contribution in [1.82, 2.24) is 9.78 Å². The maximum Gasteiger partial charge on any atom is 0.215 e. The first-order chi connectivity index (χ1) is 5.75. The summed E-state index contributed by atoms with van der Waals surface area (Å²) >= 11 is 0. The average molecular weight is 163 g/mol. The normalized spacial score (nSPS) is 9.42. The number of hydrogen-bond donors (Lipinski definition) is 0. The lowest BCUT2D eigenvalue weighted by Crippen LogP contribution is -2.02. The topological polar surface area (TPSA) is 27.1 Å². The lowest BCUT2D eigenvalue weighted by Gasteiger charge is -2.04. The highest BCUT2D eigenvalue weighted by Gasteiger charge is 2.04. The van der Waals surface area contributed by atoms with Crippen LogP contribution in [0, 0.1) is 25.5 Å². The van der Waals surface area contributed by atoms with E-state index in [1.807, 2.05) is 14.0 Å². The van der Waals surface area contributed by atoms with E-state index in [0.29, 0.717) is 13.0 Å². The van der Waals surface area contributed by atoms with Crippen LogP contribution < -0.4 is 4.74 Å². The molecule has 0 saturated heterocycles. The molecule has 0 aliphatic heterocycles. The zero-order valence-electron chi connectivity index (χ0n) is 7.29. The maximum absolute atomic E-state index is 5.37. The van der Waals surface area contributed by atoms with E-state index in [1.165, 1.54) is 0 Å². The minimum absolute atomic E-state index is 0.532. The van der Waals surface area contributed by atoms with Crippen LogP contribution in [0.3, 0.4) is 0 Å². The fourth-order valence-electron chi connectivity index (χ4n) is 0.894. The van der Waals surface area contributed by atoms with Gasteiger partial charge in [0.15, 0.2) is 0 Å². The Hall–Kier alpha value is -1.43. The standard InChI is InChI=1S/C9H11N2O/c1-4-5-6-12-9-8(2)7-10-11(9)3/h1H,5-6H2,2-3H3. The first-order valence-corrected chi connectivity index (χ1v) is 3.73. The largest absolute Gasteiger partial charge is 0.477 e. The molecule has 63 valence electrons. The second kappa shape index (κ2) is 3.82. The number of aryl methyl sites for hydroxylation is 2. The molecule has 0 atom stereocenters. The predicted octanol–water partition coefficient (Wildman–Crippen LogP) is 0.931. The van der Waals surface area contributed by atoms with Crippen LogP contribution in [-0.4, -0.2) is 16.4 Å². The molecule has 0 amide bonds. The van der Waals surface area contributed by atoms with Crippen LogP contribution in [0.4, 0.5) is 0 Å². The molecule has 0 aromatic carbocycles. The van der Waals surface area contributed by atoms with Gasteiger partial charge in [-0.3, -0.25) is 0 Å². The molecule has 3 nitrogen and oxygen atoms in total. The van der Waals surface area contributed by atoms with E-state index in [-0.39, 0.29) is 0 Å². The van der Waals surface area contributed by atoms with Crippen molar-refractivity contribution in [2.45, 2.75) is 13.3 Å². The highest BCUT2D eigenvalue weighted by molar-refractivity contribution is 5.20. The molecule has 1 aromatic rings. The summed E-state index contributed by atoms with van der Waals surface area (Å²) in [7, 11) is 1.81. The Morgan fingerprint density at radius 2 is 2.50 bits per heavy atom. The Kier molecular flexibility index (Phi) is 2.76. The third-order valence-electron chi connectivity index (χ3n) is 1.47. The summed E-state index contributed by atoms with van der Waals surface area (Å²) in [5.41, 5.74) is 0.912. The summed E-state index contributed by atoms with van der Waals surface area (Å²) < 4.78 is 7.02. The summed E-state index contributed by atoms with van der Waals surface area (Å²) in [5, 5.41) is 3.91.